The highest BCUT2D eigenvalue weighted by molar-refractivity contribution is 5.83. The highest BCUT2D eigenvalue weighted by atomic mass is 16.2. The van der Waals surface area contributed by atoms with Crippen LogP contribution in [0.4, 0.5) is 0 Å². The van der Waals surface area contributed by atoms with E-state index in [1.807, 2.05) is 0 Å². The number of carbonyl (C=O) groups excluding carboxylic acids is 1. The Kier molecular flexibility index (Phi) is 2.77. The standard InChI is InChI=1S/C11H20N2O/c1-12-10(14)11(5-2-6-11)9-3-7-13-8-4-9/h9,13H,2-8H2,1H3,(H,12,14). The van der Waals surface area contributed by atoms with Crippen molar-refractivity contribution in [2.24, 2.45) is 11.3 Å². The molecule has 3 nitrogen and oxygen atoms in total. The molecule has 3 heteroatoms. The first-order chi connectivity index (χ1) is 6.79. The second kappa shape index (κ2) is 3.89. The molecule has 2 aliphatic rings. The molecule has 1 saturated carbocycles. The van der Waals surface area contributed by atoms with Gasteiger partial charge < -0.3 is 10.6 Å². The first-order valence-electron chi connectivity index (χ1n) is 5.72. The van der Waals surface area contributed by atoms with E-state index >= 15 is 0 Å². The first kappa shape index (κ1) is 9.97. The third-order valence-corrected chi connectivity index (χ3v) is 4.05. The van der Waals surface area contributed by atoms with Crippen LogP contribution in [0.3, 0.4) is 0 Å². The van der Waals surface area contributed by atoms with Gasteiger partial charge >= 0.3 is 0 Å². The molecule has 2 N–H and O–H groups in total. The Morgan fingerprint density at radius 1 is 1.36 bits per heavy atom. The Bertz CT molecular complexity index is 217. The van der Waals surface area contributed by atoms with Crippen molar-refractivity contribution in [1.82, 2.24) is 10.6 Å². The van der Waals surface area contributed by atoms with Crippen LogP contribution in [0.15, 0.2) is 0 Å². The maximum atomic E-state index is 11.9. The fourth-order valence-electron chi connectivity index (χ4n) is 3.00. The predicted octanol–water partition coefficient (Wildman–Crippen LogP) is 0.902. The van der Waals surface area contributed by atoms with E-state index in [-0.39, 0.29) is 11.3 Å². The SMILES string of the molecule is CNC(=O)C1(C2CCNCC2)CCC1. The Morgan fingerprint density at radius 2 is 2.00 bits per heavy atom. The first-order valence-corrected chi connectivity index (χ1v) is 5.72. The molecular weight excluding hydrogens is 176 g/mol. The Morgan fingerprint density at radius 3 is 2.43 bits per heavy atom. The minimum Gasteiger partial charge on any atom is -0.359 e. The molecule has 14 heavy (non-hydrogen) atoms. The van der Waals surface area contributed by atoms with Crippen molar-refractivity contribution in [3.63, 3.8) is 0 Å². The van der Waals surface area contributed by atoms with Crippen LogP contribution in [-0.4, -0.2) is 26.0 Å². The van der Waals surface area contributed by atoms with Crippen LogP contribution in [0.2, 0.25) is 0 Å². The molecule has 1 saturated heterocycles. The van der Waals surface area contributed by atoms with E-state index in [0.29, 0.717) is 5.92 Å². The average Bonchev–Trinajstić information content (AvgIpc) is 2.17. The minimum atomic E-state index is 0.0108. The van der Waals surface area contributed by atoms with Gasteiger partial charge in [0, 0.05) is 7.05 Å². The van der Waals surface area contributed by atoms with Gasteiger partial charge in [-0.05, 0) is 44.7 Å². The van der Waals surface area contributed by atoms with Gasteiger partial charge in [0.1, 0.15) is 0 Å². The Balaban J connectivity index is 2.06. The largest absolute Gasteiger partial charge is 0.359 e. The van der Waals surface area contributed by atoms with Crippen LogP contribution in [0.1, 0.15) is 32.1 Å². The van der Waals surface area contributed by atoms with Gasteiger partial charge in [0.05, 0.1) is 5.41 Å². The summed E-state index contributed by atoms with van der Waals surface area (Å²) in [5.74, 6) is 0.910. The molecular formula is C11H20N2O. The number of carbonyl (C=O) groups is 1. The molecule has 1 amide bonds. The number of piperidine rings is 1. The summed E-state index contributed by atoms with van der Waals surface area (Å²) in [6, 6.07) is 0. The maximum absolute atomic E-state index is 11.9. The van der Waals surface area contributed by atoms with Crippen molar-refractivity contribution >= 4 is 5.91 Å². The van der Waals surface area contributed by atoms with Crippen LogP contribution in [0.25, 0.3) is 0 Å². The Hall–Kier alpha value is -0.570. The average molecular weight is 196 g/mol. The van der Waals surface area contributed by atoms with E-state index in [1.54, 1.807) is 7.05 Å². The minimum absolute atomic E-state index is 0.0108. The number of nitrogens with one attached hydrogen (secondary N) is 2. The maximum Gasteiger partial charge on any atom is 0.226 e. The van der Waals surface area contributed by atoms with Crippen molar-refractivity contribution in [1.29, 1.82) is 0 Å². The molecule has 80 valence electrons. The molecule has 0 aromatic carbocycles. The zero-order valence-electron chi connectivity index (χ0n) is 8.94. The lowest BCUT2D eigenvalue weighted by molar-refractivity contribution is -0.141. The van der Waals surface area contributed by atoms with E-state index in [2.05, 4.69) is 10.6 Å². The van der Waals surface area contributed by atoms with E-state index in [9.17, 15) is 4.79 Å². The summed E-state index contributed by atoms with van der Waals surface area (Å²) >= 11 is 0. The van der Waals surface area contributed by atoms with Gasteiger partial charge in [-0.3, -0.25) is 4.79 Å². The zero-order valence-corrected chi connectivity index (χ0v) is 8.94. The van der Waals surface area contributed by atoms with E-state index in [0.717, 1.165) is 25.9 Å². The molecule has 0 spiro atoms. The van der Waals surface area contributed by atoms with Gasteiger partial charge in [0.25, 0.3) is 0 Å². The van der Waals surface area contributed by atoms with E-state index < -0.39 is 0 Å². The molecule has 0 aromatic heterocycles. The summed E-state index contributed by atoms with van der Waals surface area (Å²) in [6.07, 6.45) is 5.80. The van der Waals surface area contributed by atoms with E-state index in [1.165, 1.54) is 19.3 Å². The number of hydrogen-bond acceptors (Lipinski definition) is 2. The van der Waals surface area contributed by atoms with E-state index in [4.69, 9.17) is 0 Å². The van der Waals surface area contributed by atoms with Gasteiger partial charge in [-0.1, -0.05) is 6.42 Å². The van der Waals surface area contributed by atoms with Crippen LogP contribution < -0.4 is 10.6 Å². The lowest BCUT2D eigenvalue weighted by Crippen LogP contribution is -2.52. The number of rotatable bonds is 2. The van der Waals surface area contributed by atoms with Gasteiger partial charge in [0.15, 0.2) is 0 Å². The smallest absolute Gasteiger partial charge is 0.226 e. The molecule has 2 rings (SSSR count). The Labute approximate surface area is 85.6 Å². The molecule has 2 fully saturated rings. The van der Waals surface area contributed by atoms with Gasteiger partial charge in [-0.2, -0.15) is 0 Å². The highest BCUT2D eigenvalue weighted by Gasteiger charge is 2.49. The van der Waals surface area contributed by atoms with Crippen LogP contribution >= 0.6 is 0 Å². The highest BCUT2D eigenvalue weighted by Crippen LogP contribution is 2.50. The normalized spacial score (nSPS) is 26.6. The summed E-state index contributed by atoms with van der Waals surface area (Å²) in [5, 5.41) is 6.21. The summed E-state index contributed by atoms with van der Waals surface area (Å²) in [5.41, 5.74) is 0.0108. The van der Waals surface area contributed by atoms with Crippen molar-refractivity contribution in [2.45, 2.75) is 32.1 Å². The molecule has 0 radical (unpaired) electrons. The lowest BCUT2D eigenvalue weighted by atomic mass is 9.58. The zero-order chi connectivity index (χ0) is 10.0. The van der Waals surface area contributed by atoms with Crippen LogP contribution in [-0.2, 0) is 4.79 Å². The summed E-state index contributed by atoms with van der Waals surface area (Å²) in [7, 11) is 1.77. The third-order valence-electron chi connectivity index (χ3n) is 4.05. The fraction of sp³-hybridized carbons (Fsp3) is 0.909. The van der Waals surface area contributed by atoms with Crippen molar-refractivity contribution in [2.75, 3.05) is 20.1 Å². The van der Waals surface area contributed by atoms with Crippen LogP contribution in [0, 0.1) is 11.3 Å². The molecule has 0 atom stereocenters. The van der Waals surface area contributed by atoms with Crippen molar-refractivity contribution < 1.29 is 4.79 Å². The molecule has 0 unspecified atom stereocenters. The van der Waals surface area contributed by atoms with Crippen molar-refractivity contribution in [3.8, 4) is 0 Å². The topological polar surface area (TPSA) is 41.1 Å². The van der Waals surface area contributed by atoms with Crippen LogP contribution in [0.5, 0.6) is 0 Å². The molecule has 0 aromatic rings. The predicted molar refractivity (Wildman–Crippen MR) is 55.9 cm³/mol. The monoisotopic (exact) mass is 196 g/mol. The second-order valence-electron chi connectivity index (χ2n) is 4.61. The fourth-order valence-corrected chi connectivity index (χ4v) is 3.00. The van der Waals surface area contributed by atoms with Gasteiger partial charge in [0.2, 0.25) is 5.91 Å². The van der Waals surface area contributed by atoms with Crippen molar-refractivity contribution in [3.05, 3.63) is 0 Å². The third kappa shape index (κ3) is 1.44. The number of amides is 1. The molecule has 1 aliphatic heterocycles. The van der Waals surface area contributed by atoms with Gasteiger partial charge in [-0.25, -0.2) is 0 Å². The molecule has 0 bridgehead atoms. The number of hydrogen-bond donors (Lipinski definition) is 2. The quantitative estimate of drug-likeness (QED) is 0.689. The summed E-state index contributed by atoms with van der Waals surface area (Å²) < 4.78 is 0. The molecule has 1 aliphatic carbocycles. The van der Waals surface area contributed by atoms with Gasteiger partial charge in [-0.15, -0.1) is 0 Å². The molecule has 1 heterocycles. The summed E-state index contributed by atoms with van der Waals surface area (Å²) in [4.78, 5) is 11.9. The second-order valence-corrected chi connectivity index (χ2v) is 4.61. The lowest BCUT2D eigenvalue weighted by Gasteiger charge is -2.47. The summed E-state index contributed by atoms with van der Waals surface area (Å²) in [6.45, 7) is 2.17.